The van der Waals surface area contributed by atoms with Crippen molar-refractivity contribution in [1.29, 1.82) is 0 Å². The van der Waals surface area contributed by atoms with Crippen LogP contribution >= 0.6 is 0 Å². The summed E-state index contributed by atoms with van der Waals surface area (Å²) < 4.78 is 26.8. The van der Waals surface area contributed by atoms with Crippen molar-refractivity contribution in [1.82, 2.24) is 4.90 Å². The average Bonchev–Trinajstić information content (AvgIpc) is 2.79. The van der Waals surface area contributed by atoms with E-state index < -0.39 is 5.92 Å². The Kier molecular flexibility index (Phi) is 7.56. The minimum atomic E-state index is -2.51. The molecule has 1 atom stereocenters. The van der Waals surface area contributed by atoms with Gasteiger partial charge in [-0.15, -0.1) is 0 Å². The van der Waals surface area contributed by atoms with Crippen LogP contribution in [0.25, 0.3) is 0 Å². The zero-order chi connectivity index (χ0) is 22.4. The predicted octanol–water partition coefficient (Wildman–Crippen LogP) is 5.73. The predicted molar refractivity (Wildman–Crippen MR) is 125 cm³/mol. The highest BCUT2D eigenvalue weighted by atomic mass is 19.3. The van der Waals surface area contributed by atoms with Crippen molar-refractivity contribution < 1.29 is 13.6 Å². The third-order valence-electron chi connectivity index (χ3n) is 6.86. The molecule has 2 aromatic rings. The Labute approximate surface area is 190 Å². The second-order valence-corrected chi connectivity index (χ2v) is 9.48. The summed E-state index contributed by atoms with van der Waals surface area (Å²) in [5.41, 5.74) is 3.50. The van der Waals surface area contributed by atoms with E-state index in [1.165, 1.54) is 11.1 Å². The molecule has 0 bridgehead atoms. The quantitative estimate of drug-likeness (QED) is 0.524. The molecule has 32 heavy (non-hydrogen) atoms. The van der Waals surface area contributed by atoms with Gasteiger partial charge in [-0.1, -0.05) is 42.5 Å². The van der Waals surface area contributed by atoms with Crippen molar-refractivity contribution in [3.8, 4) is 0 Å². The van der Waals surface area contributed by atoms with E-state index >= 15 is 0 Å². The van der Waals surface area contributed by atoms with Crippen LogP contribution in [0.5, 0.6) is 0 Å². The number of benzene rings is 2. The molecule has 2 fully saturated rings. The van der Waals surface area contributed by atoms with Crippen LogP contribution in [0.4, 0.5) is 14.5 Å². The second kappa shape index (κ2) is 10.6. The monoisotopic (exact) mass is 440 g/mol. The van der Waals surface area contributed by atoms with Crippen LogP contribution in [0, 0.1) is 5.92 Å². The van der Waals surface area contributed by atoms with Crippen LogP contribution < -0.4 is 4.90 Å². The van der Waals surface area contributed by atoms with E-state index in [0.29, 0.717) is 37.6 Å². The Morgan fingerprint density at radius 2 is 1.66 bits per heavy atom. The summed E-state index contributed by atoms with van der Waals surface area (Å²) in [6.07, 6.45) is 4.29. The van der Waals surface area contributed by atoms with Crippen LogP contribution in [-0.4, -0.2) is 42.8 Å². The Bertz CT molecular complexity index is 859. The first kappa shape index (κ1) is 22.9. The van der Waals surface area contributed by atoms with Gasteiger partial charge in [-0.3, -0.25) is 9.69 Å². The molecule has 3 nitrogen and oxygen atoms in total. The summed E-state index contributed by atoms with van der Waals surface area (Å²) in [6.45, 7) is 3.75. The molecule has 2 saturated heterocycles. The number of rotatable bonds is 8. The molecule has 2 aromatic carbocycles. The normalized spacial score (nSPS) is 21.4. The summed E-state index contributed by atoms with van der Waals surface area (Å²) >= 11 is 0. The first-order valence-corrected chi connectivity index (χ1v) is 12.0. The van der Waals surface area contributed by atoms with E-state index in [9.17, 15) is 13.6 Å². The molecule has 2 aliphatic heterocycles. The average molecular weight is 441 g/mol. The Morgan fingerprint density at radius 1 is 0.938 bits per heavy atom. The number of nitrogens with zero attached hydrogens (tertiary/aromatic N) is 2. The van der Waals surface area contributed by atoms with E-state index in [0.717, 1.165) is 44.6 Å². The van der Waals surface area contributed by atoms with Gasteiger partial charge in [0.25, 0.3) is 5.92 Å². The first-order valence-electron chi connectivity index (χ1n) is 12.0. The van der Waals surface area contributed by atoms with E-state index in [2.05, 4.69) is 46.2 Å². The second-order valence-electron chi connectivity index (χ2n) is 9.48. The summed E-state index contributed by atoms with van der Waals surface area (Å²) in [5.74, 6) is -1.69. The van der Waals surface area contributed by atoms with Gasteiger partial charge in [0.15, 0.2) is 0 Å². The van der Waals surface area contributed by atoms with Gasteiger partial charge >= 0.3 is 0 Å². The van der Waals surface area contributed by atoms with Crippen LogP contribution in [0.15, 0.2) is 54.6 Å². The molecule has 2 heterocycles. The standard InChI is InChI=1S/C27H34F2N2O/c28-27(29)14-17-31(18-15-27)25-11-8-23(9-12-25)20-30-16-4-7-24(21-30)19-26(32)13-10-22-5-2-1-3-6-22/h1-3,5-6,8-9,11-12,24H,4,7,10,13-21H2. The van der Waals surface area contributed by atoms with Crippen LogP contribution in [0.3, 0.4) is 0 Å². The number of ketones is 1. The molecule has 2 aliphatic rings. The number of Topliss-reactive ketones (excluding diaryl/α,β-unsaturated/α-hetero) is 1. The molecule has 0 amide bonds. The lowest BCUT2D eigenvalue weighted by Gasteiger charge is -2.34. The zero-order valence-corrected chi connectivity index (χ0v) is 18.8. The molecule has 0 aromatic heterocycles. The van der Waals surface area contributed by atoms with E-state index in [1.54, 1.807) is 0 Å². The van der Waals surface area contributed by atoms with Crippen molar-refractivity contribution in [2.45, 2.75) is 57.4 Å². The third-order valence-corrected chi connectivity index (χ3v) is 6.86. The maximum atomic E-state index is 13.4. The van der Waals surface area contributed by atoms with Gasteiger partial charge in [0.1, 0.15) is 5.78 Å². The lowest BCUT2D eigenvalue weighted by molar-refractivity contribution is -0.120. The molecule has 1 unspecified atom stereocenters. The van der Waals surface area contributed by atoms with Gasteiger partial charge in [0, 0.05) is 57.5 Å². The van der Waals surface area contributed by atoms with Crippen molar-refractivity contribution in [2.75, 3.05) is 31.1 Å². The summed E-state index contributed by atoms with van der Waals surface area (Å²) in [4.78, 5) is 17.0. The topological polar surface area (TPSA) is 23.6 Å². The van der Waals surface area contributed by atoms with E-state index in [4.69, 9.17) is 0 Å². The summed E-state index contributed by atoms with van der Waals surface area (Å²) in [7, 11) is 0. The van der Waals surface area contributed by atoms with Gasteiger partial charge in [-0.2, -0.15) is 0 Å². The molecule has 0 N–H and O–H groups in total. The fraction of sp³-hybridized carbons (Fsp3) is 0.519. The van der Waals surface area contributed by atoms with Crippen LogP contribution in [-0.2, 0) is 17.8 Å². The number of piperidine rings is 2. The van der Waals surface area contributed by atoms with Crippen molar-refractivity contribution in [3.63, 3.8) is 0 Å². The summed E-state index contributed by atoms with van der Waals surface area (Å²) in [5, 5.41) is 0. The van der Waals surface area contributed by atoms with Gasteiger partial charge in [-0.25, -0.2) is 8.78 Å². The molecule has 172 valence electrons. The zero-order valence-electron chi connectivity index (χ0n) is 18.8. The largest absolute Gasteiger partial charge is 0.371 e. The fourth-order valence-corrected chi connectivity index (χ4v) is 4.98. The third kappa shape index (κ3) is 6.61. The van der Waals surface area contributed by atoms with Gasteiger partial charge in [-0.05, 0) is 55.0 Å². The molecule has 5 heteroatoms. The highest BCUT2D eigenvalue weighted by Crippen LogP contribution is 2.30. The first-order chi connectivity index (χ1) is 15.5. The number of carbonyl (C=O) groups is 1. The van der Waals surface area contributed by atoms with E-state index in [-0.39, 0.29) is 12.8 Å². The molecule has 4 rings (SSSR count). The fourth-order valence-electron chi connectivity index (χ4n) is 4.98. The lowest BCUT2D eigenvalue weighted by atomic mass is 9.91. The van der Waals surface area contributed by atoms with E-state index in [1.807, 2.05) is 18.2 Å². The number of alkyl halides is 2. The highest BCUT2D eigenvalue weighted by molar-refractivity contribution is 5.78. The Morgan fingerprint density at radius 3 is 2.38 bits per heavy atom. The minimum absolute atomic E-state index is 0.0615. The number of carbonyl (C=O) groups excluding carboxylic acids is 1. The molecule has 0 spiro atoms. The Hall–Kier alpha value is -2.27. The lowest BCUT2D eigenvalue weighted by Crippen LogP contribution is -2.39. The van der Waals surface area contributed by atoms with Crippen molar-refractivity contribution in [2.24, 2.45) is 5.92 Å². The SMILES string of the molecule is O=C(CCc1ccccc1)CC1CCCN(Cc2ccc(N3CCC(F)(F)CC3)cc2)C1. The minimum Gasteiger partial charge on any atom is -0.371 e. The number of halogens is 2. The van der Waals surface area contributed by atoms with Gasteiger partial charge < -0.3 is 4.90 Å². The van der Waals surface area contributed by atoms with Crippen LogP contribution in [0.1, 0.15) is 49.7 Å². The molecule has 0 aliphatic carbocycles. The summed E-state index contributed by atoms with van der Waals surface area (Å²) in [6, 6.07) is 18.6. The number of anilines is 1. The molecule has 0 radical (unpaired) electrons. The van der Waals surface area contributed by atoms with Gasteiger partial charge in [0.05, 0.1) is 0 Å². The maximum absolute atomic E-state index is 13.4. The maximum Gasteiger partial charge on any atom is 0.251 e. The number of hydrogen-bond acceptors (Lipinski definition) is 3. The van der Waals surface area contributed by atoms with Gasteiger partial charge in [0.2, 0.25) is 0 Å². The number of likely N-dealkylation sites (tertiary alicyclic amines) is 1. The number of hydrogen-bond donors (Lipinski definition) is 0. The van der Waals surface area contributed by atoms with Crippen LogP contribution in [0.2, 0.25) is 0 Å². The molecular formula is C27H34F2N2O. The highest BCUT2D eigenvalue weighted by Gasteiger charge is 2.34. The molecule has 0 saturated carbocycles. The molecular weight excluding hydrogens is 406 g/mol. The number of aryl methyl sites for hydroxylation is 1. The van der Waals surface area contributed by atoms with Crippen molar-refractivity contribution in [3.05, 3.63) is 65.7 Å². The Balaban J connectivity index is 1.23. The van der Waals surface area contributed by atoms with Crippen molar-refractivity contribution >= 4 is 11.5 Å². The smallest absolute Gasteiger partial charge is 0.251 e.